The van der Waals surface area contributed by atoms with Gasteiger partial charge in [0.2, 0.25) is 5.91 Å². The molecule has 0 radical (unpaired) electrons. The lowest BCUT2D eigenvalue weighted by atomic mass is 10.1. The van der Waals surface area contributed by atoms with Crippen LogP contribution >= 0.6 is 24.0 Å². The first-order chi connectivity index (χ1) is 7.65. The van der Waals surface area contributed by atoms with E-state index in [-0.39, 0.29) is 31.4 Å². The molecule has 1 rings (SSSR count). The Kier molecular flexibility index (Phi) is 7.91. The molecule has 3 N–H and O–H groups in total. The van der Waals surface area contributed by atoms with Crippen LogP contribution in [0.4, 0.5) is 0 Å². The van der Waals surface area contributed by atoms with Crippen LogP contribution in [0.1, 0.15) is 11.7 Å². The van der Waals surface area contributed by atoms with E-state index in [4.69, 9.17) is 11.6 Å². The van der Waals surface area contributed by atoms with Gasteiger partial charge in [-0.05, 0) is 13.1 Å². The van der Waals surface area contributed by atoms with Crippen LogP contribution in [0, 0.1) is 0 Å². The lowest BCUT2D eigenvalue weighted by molar-refractivity contribution is -0.120. The van der Waals surface area contributed by atoms with Crippen molar-refractivity contribution < 1.29 is 9.90 Å². The average Bonchev–Trinajstić information content (AvgIpc) is 2.27. The van der Waals surface area contributed by atoms with E-state index in [0.717, 1.165) is 0 Å². The molecule has 0 bridgehead atoms. The van der Waals surface area contributed by atoms with Crippen molar-refractivity contribution in [3.63, 3.8) is 0 Å². The fourth-order valence-corrected chi connectivity index (χ4v) is 1.55. The summed E-state index contributed by atoms with van der Waals surface area (Å²) in [6, 6.07) is 7.02. The monoisotopic (exact) mass is 278 g/mol. The van der Waals surface area contributed by atoms with Gasteiger partial charge in [0.05, 0.1) is 12.6 Å². The van der Waals surface area contributed by atoms with Crippen molar-refractivity contribution in [2.24, 2.45) is 0 Å². The molecule has 0 aromatic heterocycles. The largest absolute Gasteiger partial charge is 0.387 e. The van der Waals surface area contributed by atoms with Gasteiger partial charge in [0, 0.05) is 17.1 Å². The minimum atomic E-state index is -0.783. The third kappa shape index (κ3) is 5.37. The van der Waals surface area contributed by atoms with Gasteiger partial charge in [0.25, 0.3) is 0 Å². The van der Waals surface area contributed by atoms with Gasteiger partial charge in [-0.3, -0.25) is 4.79 Å². The molecule has 1 unspecified atom stereocenters. The summed E-state index contributed by atoms with van der Waals surface area (Å²) in [6.07, 6.45) is -0.783. The third-order valence-corrected chi connectivity index (χ3v) is 2.44. The van der Waals surface area contributed by atoms with Crippen molar-refractivity contribution in [2.75, 3.05) is 20.1 Å². The van der Waals surface area contributed by atoms with Gasteiger partial charge in [-0.2, -0.15) is 0 Å². The van der Waals surface area contributed by atoms with Crippen LogP contribution in [0.5, 0.6) is 0 Å². The second-order valence-corrected chi connectivity index (χ2v) is 3.78. The molecule has 17 heavy (non-hydrogen) atoms. The van der Waals surface area contributed by atoms with E-state index >= 15 is 0 Å². The van der Waals surface area contributed by atoms with Gasteiger partial charge in [-0.1, -0.05) is 29.8 Å². The summed E-state index contributed by atoms with van der Waals surface area (Å²) >= 11 is 5.91. The van der Waals surface area contributed by atoms with Crippen LogP contribution in [0.25, 0.3) is 0 Å². The minimum Gasteiger partial charge on any atom is -0.387 e. The van der Waals surface area contributed by atoms with Crippen molar-refractivity contribution in [2.45, 2.75) is 6.10 Å². The number of carbonyl (C=O) groups excluding carboxylic acids is 1. The molecule has 1 aromatic rings. The van der Waals surface area contributed by atoms with Gasteiger partial charge in [-0.15, -0.1) is 12.4 Å². The number of likely N-dealkylation sites (N-methyl/N-ethyl adjacent to an activating group) is 1. The Morgan fingerprint density at radius 2 is 2.12 bits per heavy atom. The molecule has 0 saturated carbocycles. The quantitative estimate of drug-likeness (QED) is 0.757. The van der Waals surface area contributed by atoms with Gasteiger partial charge in [-0.25, -0.2) is 0 Å². The van der Waals surface area contributed by atoms with E-state index < -0.39 is 6.10 Å². The van der Waals surface area contributed by atoms with E-state index in [1.807, 2.05) is 0 Å². The van der Waals surface area contributed by atoms with E-state index in [1.54, 1.807) is 31.3 Å². The molecule has 4 nitrogen and oxygen atoms in total. The van der Waals surface area contributed by atoms with Crippen LogP contribution in [-0.4, -0.2) is 31.2 Å². The number of carbonyl (C=O) groups is 1. The fourth-order valence-electron chi connectivity index (χ4n) is 1.29. The molecule has 1 atom stereocenters. The highest BCUT2D eigenvalue weighted by Gasteiger charge is 2.11. The van der Waals surface area contributed by atoms with Gasteiger partial charge < -0.3 is 15.7 Å². The van der Waals surface area contributed by atoms with E-state index in [0.29, 0.717) is 10.6 Å². The summed E-state index contributed by atoms with van der Waals surface area (Å²) < 4.78 is 0. The predicted octanol–water partition coefficient (Wildman–Crippen LogP) is 1.13. The first kappa shape index (κ1) is 16.2. The zero-order chi connectivity index (χ0) is 12.0. The standard InChI is InChI=1S/C11H15ClN2O2.ClH/c1-13-7-11(16)14-6-10(15)8-4-2-3-5-9(8)12;/h2-5,10,13,15H,6-7H2,1H3,(H,14,16);1H. The van der Waals surface area contributed by atoms with Crippen LogP contribution in [0.15, 0.2) is 24.3 Å². The Bertz CT molecular complexity index is 361. The number of benzene rings is 1. The summed E-state index contributed by atoms with van der Waals surface area (Å²) in [5.74, 6) is -0.159. The highest BCUT2D eigenvalue weighted by molar-refractivity contribution is 6.31. The molecule has 6 heteroatoms. The Morgan fingerprint density at radius 1 is 1.47 bits per heavy atom. The molecular formula is C11H16Cl2N2O2. The molecule has 0 fully saturated rings. The first-order valence-corrected chi connectivity index (χ1v) is 5.36. The molecule has 0 spiro atoms. The molecule has 0 saturated heterocycles. The van der Waals surface area contributed by atoms with Gasteiger partial charge in [0.1, 0.15) is 0 Å². The zero-order valence-corrected chi connectivity index (χ0v) is 11.0. The summed E-state index contributed by atoms with van der Waals surface area (Å²) in [5.41, 5.74) is 0.619. The Hall–Kier alpha value is -0.810. The summed E-state index contributed by atoms with van der Waals surface area (Å²) in [5, 5.41) is 15.6. The van der Waals surface area contributed by atoms with Crippen molar-refractivity contribution in [1.82, 2.24) is 10.6 Å². The molecule has 0 heterocycles. The maximum atomic E-state index is 11.1. The highest BCUT2D eigenvalue weighted by atomic mass is 35.5. The molecule has 1 aromatic carbocycles. The molecule has 0 aliphatic rings. The lowest BCUT2D eigenvalue weighted by Crippen LogP contribution is -2.34. The normalized spacial score (nSPS) is 11.5. The summed E-state index contributed by atoms with van der Waals surface area (Å²) in [7, 11) is 1.68. The highest BCUT2D eigenvalue weighted by Crippen LogP contribution is 2.21. The number of nitrogens with one attached hydrogen (secondary N) is 2. The molecule has 0 aliphatic carbocycles. The Morgan fingerprint density at radius 3 is 2.71 bits per heavy atom. The minimum absolute atomic E-state index is 0. The van der Waals surface area contributed by atoms with Crippen LogP contribution in [-0.2, 0) is 4.79 Å². The smallest absolute Gasteiger partial charge is 0.234 e. The zero-order valence-electron chi connectivity index (χ0n) is 9.44. The number of hydrogen-bond donors (Lipinski definition) is 3. The number of halogens is 2. The maximum Gasteiger partial charge on any atom is 0.234 e. The predicted molar refractivity (Wildman–Crippen MR) is 70.6 cm³/mol. The summed E-state index contributed by atoms with van der Waals surface area (Å²) in [6.45, 7) is 0.388. The number of aliphatic hydroxyl groups excluding tert-OH is 1. The molecule has 96 valence electrons. The van der Waals surface area contributed by atoms with E-state index in [2.05, 4.69) is 10.6 Å². The van der Waals surface area contributed by atoms with Crippen molar-refractivity contribution in [3.05, 3.63) is 34.9 Å². The lowest BCUT2D eigenvalue weighted by Gasteiger charge is -2.13. The maximum absolute atomic E-state index is 11.1. The molecule has 1 amide bonds. The van der Waals surface area contributed by atoms with E-state index in [1.165, 1.54) is 0 Å². The third-order valence-electron chi connectivity index (χ3n) is 2.09. The van der Waals surface area contributed by atoms with E-state index in [9.17, 15) is 9.90 Å². The van der Waals surface area contributed by atoms with Crippen molar-refractivity contribution in [3.8, 4) is 0 Å². The number of aliphatic hydroxyl groups is 1. The van der Waals surface area contributed by atoms with Crippen molar-refractivity contribution in [1.29, 1.82) is 0 Å². The van der Waals surface area contributed by atoms with Gasteiger partial charge >= 0.3 is 0 Å². The number of rotatable bonds is 5. The molecule has 0 aliphatic heterocycles. The van der Waals surface area contributed by atoms with Crippen molar-refractivity contribution >= 4 is 29.9 Å². The fraction of sp³-hybridized carbons (Fsp3) is 0.364. The average molecular weight is 279 g/mol. The van der Waals surface area contributed by atoms with Crippen LogP contribution in [0.2, 0.25) is 5.02 Å². The van der Waals surface area contributed by atoms with Crippen LogP contribution < -0.4 is 10.6 Å². The topological polar surface area (TPSA) is 61.4 Å². The SMILES string of the molecule is CNCC(=O)NCC(O)c1ccccc1Cl.Cl. The summed E-state index contributed by atoms with van der Waals surface area (Å²) in [4.78, 5) is 11.1. The second-order valence-electron chi connectivity index (χ2n) is 3.37. The number of amides is 1. The Labute approximate surface area is 112 Å². The first-order valence-electron chi connectivity index (χ1n) is 4.99. The van der Waals surface area contributed by atoms with Gasteiger partial charge in [0.15, 0.2) is 0 Å². The second kappa shape index (κ2) is 8.31. The Balaban J connectivity index is 0.00000256. The molecular weight excluding hydrogens is 263 g/mol. The van der Waals surface area contributed by atoms with Crippen LogP contribution in [0.3, 0.4) is 0 Å². The number of hydrogen-bond acceptors (Lipinski definition) is 3.